The summed E-state index contributed by atoms with van der Waals surface area (Å²) >= 11 is 4.78. The number of Topliss-reactive ketones (excluding diaryl/α,β-unsaturated/α-hetero) is 1. The van der Waals surface area contributed by atoms with Crippen LogP contribution < -0.4 is 0 Å². The van der Waals surface area contributed by atoms with Gasteiger partial charge in [-0.1, -0.05) is 58.0 Å². The van der Waals surface area contributed by atoms with E-state index in [1.165, 1.54) is 11.8 Å². The summed E-state index contributed by atoms with van der Waals surface area (Å²) in [5.74, 6) is 0.386. The van der Waals surface area contributed by atoms with Crippen molar-refractivity contribution < 1.29 is 4.79 Å². The van der Waals surface area contributed by atoms with Gasteiger partial charge in [0.2, 0.25) is 0 Å². The molecule has 0 bridgehead atoms. The van der Waals surface area contributed by atoms with Gasteiger partial charge in [0.25, 0.3) is 0 Å². The Morgan fingerprint density at radius 3 is 2.83 bits per heavy atom. The molecule has 1 aromatic heterocycles. The summed E-state index contributed by atoms with van der Waals surface area (Å²) < 4.78 is 2.81. The average Bonchev–Trinajstić information content (AvgIpc) is 3.01. The zero-order chi connectivity index (χ0) is 16.2. The molecule has 6 heteroatoms. The number of nitrogens with zero attached hydrogens (tertiary/aromatic N) is 3. The van der Waals surface area contributed by atoms with Crippen LogP contribution in [0.15, 0.2) is 64.5 Å². The lowest BCUT2D eigenvalue weighted by Crippen LogP contribution is -2.04. The fourth-order valence-corrected chi connectivity index (χ4v) is 3.41. The Morgan fingerprint density at radius 1 is 1.22 bits per heavy atom. The topological polar surface area (TPSA) is 47.8 Å². The minimum Gasteiger partial charge on any atom is -0.293 e. The van der Waals surface area contributed by atoms with E-state index in [1.807, 2.05) is 60.0 Å². The van der Waals surface area contributed by atoms with Crippen LogP contribution in [0.2, 0.25) is 0 Å². The fourth-order valence-electron chi connectivity index (χ4n) is 2.20. The number of rotatable bonds is 5. The van der Waals surface area contributed by atoms with Gasteiger partial charge in [0.15, 0.2) is 10.9 Å². The van der Waals surface area contributed by atoms with Crippen LogP contribution in [0, 0.1) is 6.92 Å². The minimum atomic E-state index is 0.0654. The predicted octanol–water partition coefficient (Wildman–Crippen LogP) is 4.31. The summed E-state index contributed by atoms with van der Waals surface area (Å²) in [4.78, 5) is 12.3. The van der Waals surface area contributed by atoms with Crippen LogP contribution in [0.25, 0.3) is 5.69 Å². The number of carbonyl (C=O) groups excluding carboxylic acids is 1. The molecule has 3 aromatic rings. The van der Waals surface area contributed by atoms with E-state index in [0.717, 1.165) is 15.7 Å². The number of hydrogen-bond donors (Lipinski definition) is 0. The molecule has 4 nitrogen and oxygen atoms in total. The van der Waals surface area contributed by atoms with Crippen molar-refractivity contribution in [2.75, 3.05) is 5.75 Å². The Morgan fingerprint density at radius 2 is 2.04 bits per heavy atom. The molecule has 116 valence electrons. The molecular weight excluding hydrogens is 374 g/mol. The summed E-state index contributed by atoms with van der Waals surface area (Å²) in [5, 5.41) is 8.82. The number of benzene rings is 2. The molecule has 1 heterocycles. The van der Waals surface area contributed by atoms with Crippen molar-refractivity contribution in [1.29, 1.82) is 0 Å². The van der Waals surface area contributed by atoms with E-state index in [1.54, 1.807) is 6.33 Å². The van der Waals surface area contributed by atoms with Gasteiger partial charge in [-0.3, -0.25) is 9.36 Å². The first kappa shape index (κ1) is 16.0. The van der Waals surface area contributed by atoms with Gasteiger partial charge in [-0.05, 0) is 30.7 Å². The van der Waals surface area contributed by atoms with E-state index in [2.05, 4.69) is 26.1 Å². The van der Waals surface area contributed by atoms with Gasteiger partial charge in [0, 0.05) is 10.0 Å². The Bertz CT molecular complexity index is 847. The number of carbonyl (C=O) groups is 1. The third kappa shape index (κ3) is 3.71. The van der Waals surface area contributed by atoms with E-state index in [0.29, 0.717) is 16.5 Å². The molecule has 0 N–H and O–H groups in total. The van der Waals surface area contributed by atoms with E-state index < -0.39 is 0 Å². The lowest BCUT2D eigenvalue weighted by molar-refractivity contribution is 0.102. The molecule has 0 aliphatic rings. The summed E-state index contributed by atoms with van der Waals surface area (Å²) in [6.45, 7) is 2.04. The SMILES string of the molecule is Cc1ccccc1-n1cnnc1SCC(=O)c1cccc(Br)c1. The van der Waals surface area contributed by atoms with Crippen molar-refractivity contribution in [1.82, 2.24) is 14.8 Å². The summed E-state index contributed by atoms with van der Waals surface area (Å²) in [5.41, 5.74) is 2.84. The van der Waals surface area contributed by atoms with Crippen molar-refractivity contribution >= 4 is 33.5 Å². The number of halogens is 1. The molecule has 0 radical (unpaired) electrons. The Labute approximate surface area is 147 Å². The third-order valence-corrected chi connectivity index (χ3v) is 4.81. The summed E-state index contributed by atoms with van der Waals surface area (Å²) in [7, 11) is 0. The zero-order valence-electron chi connectivity index (χ0n) is 12.4. The van der Waals surface area contributed by atoms with Gasteiger partial charge in [-0.25, -0.2) is 0 Å². The van der Waals surface area contributed by atoms with Gasteiger partial charge < -0.3 is 0 Å². The molecule has 23 heavy (non-hydrogen) atoms. The normalized spacial score (nSPS) is 10.7. The number of aromatic nitrogens is 3. The van der Waals surface area contributed by atoms with Crippen molar-refractivity contribution in [3.63, 3.8) is 0 Å². The molecule has 0 spiro atoms. The maximum Gasteiger partial charge on any atom is 0.196 e. The zero-order valence-corrected chi connectivity index (χ0v) is 14.8. The van der Waals surface area contributed by atoms with Crippen LogP contribution in [0.1, 0.15) is 15.9 Å². The second-order valence-corrected chi connectivity index (χ2v) is 6.85. The molecule has 2 aromatic carbocycles. The van der Waals surface area contributed by atoms with E-state index in [-0.39, 0.29) is 5.78 Å². The fraction of sp³-hybridized carbons (Fsp3) is 0.118. The highest BCUT2D eigenvalue weighted by Crippen LogP contribution is 2.23. The van der Waals surface area contributed by atoms with Gasteiger partial charge >= 0.3 is 0 Å². The smallest absolute Gasteiger partial charge is 0.196 e. The number of thioether (sulfide) groups is 1. The van der Waals surface area contributed by atoms with Crippen LogP contribution in [0.5, 0.6) is 0 Å². The molecule has 0 unspecified atom stereocenters. The standard InChI is InChI=1S/C17H14BrN3OS/c1-12-5-2-3-8-15(12)21-11-19-20-17(21)23-10-16(22)13-6-4-7-14(18)9-13/h2-9,11H,10H2,1H3. The molecule has 0 saturated heterocycles. The van der Waals surface area contributed by atoms with E-state index in [9.17, 15) is 4.79 Å². The van der Waals surface area contributed by atoms with Crippen molar-refractivity contribution in [3.8, 4) is 5.69 Å². The largest absolute Gasteiger partial charge is 0.293 e. The second kappa shape index (κ2) is 7.10. The van der Waals surface area contributed by atoms with Gasteiger partial charge in [0.1, 0.15) is 6.33 Å². The lowest BCUT2D eigenvalue weighted by atomic mass is 10.2. The van der Waals surface area contributed by atoms with Crippen molar-refractivity contribution in [2.45, 2.75) is 12.1 Å². The number of para-hydroxylation sites is 1. The molecule has 0 aliphatic carbocycles. The summed E-state index contributed by atoms with van der Waals surface area (Å²) in [6, 6.07) is 15.4. The highest BCUT2D eigenvalue weighted by molar-refractivity contribution is 9.10. The van der Waals surface area contributed by atoms with Crippen LogP contribution in [0.3, 0.4) is 0 Å². The van der Waals surface area contributed by atoms with E-state index in [4.69, 9.17) is 0 Å². The van der Waals surface area contributed by atoms with Gasteiger partial charge in [-0.15, -0.1) is 10.2 Å². The lowest BCUT2D eigenvalue weighted by Gasteiger charge is -2.08. The molecule has 0 saturated carbocycles. The van der Waals surface area contributed by atoms with Gasteiger partial charge in [-0.2, -0.15) is 0 Å². The first-order chi connectivity index (χ1) is 11.1. The monoisotopic (exact) mass is 387 g/mol. The first-order valence-electron chi connectivity index (χ1n) is 7.03. The molecule has 0 aliphatic heterocycles. The maximum atomic E-state index is 12.3. The second-order valence-electron chi connectivity index (χ2n) is 4.99. The average molecular weight is 388 g/mol. The van der Waals surface area contributed by atoms with Crippen molar-refractivity contribution in [2.24, 2.45) is 0 Å². The quantitative estimate of drug-likeness (QED) is 0.483. The van der Waals surface area contributed by atoms with Crippen LogP contribution in [0.4, 0.5) is 0 Å². The highest BCUT2D eigenvalue weighted by Gasteiger charge is 2.12. The van der Waals surface area contributed by atoms with E-state index >= 15 is 0 Å². The van der Waals surface area contributed by atoms with Crippen LogP contribution in [-0.2, 0) is 0 Å². The summed E-state index contributed by atoms with van der Waals surface area (Å²) in [6.07, 6.45) is 1.67. The first-order valence-corrected chi connectivity index (χ1v) is 8.80. The van der Waals surface area contributed by atoms with Gasteiger partial charge in [0.05, 0.1) is 11.4 Å². The van der Waals surface area contributed by atoms with Crippen molar-refractivity contribution in [3.05, 3.63) is 70.5 Å². The highest BCUT2D eigenvalue weighted by atomic mass is 79.9. The predicted molar refractivity (Wildman–Crippen MR) is 95.3 cm³/mol. The Balaban J connectivity index is 1.76. The number of hydrogen-bond acceptors (Lipinski definition) is 4. The molecule has 0 atom stereocenters. The Hall–Kier alpha value is -1.92. The Kier molecular flexibility index (Phi) is 4.93. The molecule has 3 rings (SSSR count). The van der Waals surface area contributed by atoms with Crippen LogP contribution in [-0.4, -0.2) is 26.3 Å². The maximum absolute atomic E-state index is 12.3. The molecular formula is C17H14BrN3OS. The van der Waals surface area contributed by atoms with Crippen LogP contribution >= 0.6 is 27.7 Å². The molecule has 0 amide bonds. The molecule has 0 fully saturated rings. The third-order valence-electron chi connectivity index (χ3n) is 3.37. The number of ketones is 1. The number of aryl methyl sites for hydroxylation is 1. The minimum absolute atomic E-state index is 0.0654.